The van der Waals surface area contributed by atoms with Gasteiger partial charge in [-0.15, -0.1) is 0 Å². The molecule has 0 aliphatic rings. The van der Waals surface area contributed by atoms with Crippen LogP contribution in [0.1, 0.15) is 18.1 Å². The monoisotopic (exact) mass is 288 g/mol. The fourth-order valence-electron chi connectivity index (χ4n) is 1.97. The van der Waals surface area contributed by atoms with Gasteiger partial charge in [0, 0.05) is 29.9 Å². The van der Waals surface area contributed by atoms with Crippen LogP contribution >= 0.6 is 11.6 Å². The van der Waals surface area contributed by atoms with Crippen LogP contribution in [0.15, 0.2) is 42.5 Å². The quantitative estimate of drug-likeness (QED) is 0.884. The number of amides is 1. The molecule has 0 radical (unpaired) electrons. The minimum Gasteiger partial charge on any atom is -0.381 e. The summed E-state index contributed by atoms with van der Waals surface area (Å²) in [6.45, 7) is 4.25. The minimum atomic E-state index is -0.0734. The Morgan fingerprint density at radius 3 is 2.60 bits per heavy atom. The normalized spacial score (nSPS) is 10.2. The number of hydrogen-bond acceptors (Lipinski definition) is 2. The highest BCUT2D eigenvalue weighted by Crippen LogP contribution is 2.19. The van der Waals surface area contributed by atoms with Gasteiger partial charge in [-0.3, -0.25) is 4.79 Å². The number of halogens is 1. The van der Waals surface area contributed by atoms with Crippen LogP contribution in [0.2, 0.25) is 5.02 Å². The molecular weight excluding hydrogens is 272 g/mol. The van der Waals surface area contributed by atoms with Crippen molar-refractivity contribution in [3.8, 4) is 0 Å². The fraction of sp³-hybridized carbons (Fsp3) is 0.188. The molecule has 4 heteroatoms. The van der Waals surface area contributed by atoms with E-state index in [-0.39, 0.29) is 5.91 Å². The van der Waals surface area contributed by atoms with Gasteiger partial charge in [0.15, 0.2) is 0 Å². The van der Waals surface area contributed by atoms with Crippen molar-refractivity contribution in [2.75, 3.05) is 10.6 Å². The van der Waals surface area contributed by atoms with E-state index in [2.05, 4.69) is 10.6 Å². The van der Waals surface area contributed by atoms with Crippen molar-refractivity contribution in [1.29, 1.82) is 0 Å². The van der Waals surface area contributed by atoms with Gasteiger partial charge in [0.05, 0.1) is 0 Å². The number of rotatable bonds is 4. The number of carbonyl (C=O) groups is 1. The number of aryl methyl sites for hydroxylation is 1. The lowest BCUT2D eigenvalue weighted by Gasteiger charge is -2.11. The van der Waals surface area contributed by atoms with Gasteiger partial charge >= 0.3 is 0 Å². The molecule has 0 spiro atoms. The van der Waals surface area contributed by atoms with Crippen LogP contribution in [0.3, 0.4) is 0 Å². The van der Waals surface area contributed by atoms with Gasteiger partial charge in [-0.05, 0) is 48.4 Å². The average molecular weight is 289 g/mol. The van der Waals surface area contributed by atoms with Gasteiger partial charge in [0.2, 0.25) is 5.91 Å². The zero-order valence-corrected chi connectivity index (χ0v) is 12.3. The first-order valence-electron chi connectivity index (χ1n) is 6.41. The molecule has 2 aromatic rings. The molecule has 1 amide bonds. The van der Waals surface area contributed by atoms with E-state index < -0.39 is 0 Å². The van der Waals surface area contributed by atoms with Gasteiger partial charge in [-0.2, -0.15) is 0 Å². The molecule has 0 unspecified atom stereocenters. The molecule has 0 aliphatic carbocycles. The lowest BCUT2D eigenvalue weighted by molar-refractivity contribution is -0.114. The van der Waals surface area contributed by atoms with E-state index >= 15 is 0 Å². The number of carbonyl (C=O) groups excluding carboxylic acids is 1. The van der Waals surface area contributed by atoms with Crippen molar-refractivity contribution >= 4 is 28.9 Å². The van der Waals surface area contributed by atoms with Crippen LogP contribution in [0.4, 0.5) is 11.4 Å². The summed E-state index contributed by atoms with van der Waals surface area (Å²) in [5.74, 6) is -0.0734. The molecular formula is C16H17ClN2O. The first-order valence-corrected chi connectivity index (χ1v) is 6.79. The number of benzene rings is 2. The second-order valence-corrected chi connectivity index (χ2v) is 5.12. The van der Waals surface area contributed by atoms with E-state index in [9.17, 15) is 4.79 Å². The van der Waals surface area contributed by atoms with Crippen molar-refractivity contribution in [3.63, 3.8) is 0 Å². The first-order chi connectivity index (χ1) is 9.54. The fourth-order valence-corrected chi connectivity index (χ4v) is 2.19. The molecule has 20 heavy (non-hydrogen) atoms. The Balaban J connectivity index is 2.05. The Bertz CT molecular complexity index is 626. The maximum absolute atomic E-state index is 11.0. The molecule has 0 bridgehead atoms. The molecule has 0 heterocycles. The minimum absolute atomic E-state index is 0.0734. The average Bonchev–Trinajstić information content (AvgIpc) is 2.37. The number of anilines is 2. The van der Waals surface area contributed by atoms with E-state index in [0.717, 1.165) is 22.0 Å². The summed E-state index contributed by atoms with van der Waals surface area (Å²) in [5.41, 5.74) is 4.10. The van der Waals surface area contributed by atoms with Crippen LogP contribution in [0.25, 0.3) is 0 Å². The molecule has 3 nitrogen and oxygen atoms in total. The van der Waals surface area contributed by atoms with Gasteiger partial charge in [-0.1, -0.05) is 23.7 Å². The topological polar surface area (TPSA) is 41.1 Å². The molecule has 2 aromatic carbocycles. The van der Waals surface area contributed by atoms with Crippen LogP contribution in [0, 0.1) is 6.92 Å². The van der Waals surface area contributed by atoms with Crippen molar-refractivity contribution in [2.45, 2.75) is 20.4 Å². The molecule has 2 rings (SSSR count). The molecule has 0 saturated carbocycles. The predicted octanol–water partition coefficient (Wildman–Crippen LogP) is 4.22. The molecule has 0 saturated heterocycles. The highest BCUT2D eigenvalue weighted by atomic mass is 35.5. The van der Waals surface area contributed by atoms with Crippen LogP contribution in [0.5, 0.6) is 0 Å². The predicted molar refractivity (Wildman–Crippen MR) is 84.3 cm³/mol. The van der Waals surface area contributed by atoms with Gasteiger partial charge in [-0.25, -0.2) is 0 Å². The van der Waals surface area contributed by atoms with Gasteiger partial charge in [0.25, 0.3) is 0 Å². The largest absolute Gasteiger partial charge is 0.381 e. The van der Waals surface area contributed by atoms with E-state index in [4.69, 9.17) is 11.6 Å². The van der Waals surface area contributed by atoms with Crippen molar-refractivity contribution in [2.24, 2.45) is 0 Å². The van der Waals surface area contributed by atoms with E-state index in [1.54, 1.807) is 0 Å². The molecule has 0 aromatic heterocycles. The Labute approximate surface area is 124 Å². The highest BCUT2D eigenvalue weighted by Gasteiger charge is 2.01. The maximum Gasteiger partial charge on any atom is 0.221 e. The molecule has 104 valence electrons. The van der Waals surface area contributed by atoms with Crippen LogP contribution in [-0.2, 0) is 11.3 Å². The maximum atomic E-state index is 11.0. The third-order valence-electron chi connectivity index (χ3n) is 2.97. The second kappa shape index (κ2) is 6.44. The molecule has 0 fully saturated rings. The highest BCUT2D eigenvalue weighted by molar-refractivity contribution is 6.30. The molecule has 2 N–H and O–H groups in total. The van der Waals surface area contributed by atoms with Crippen molar-refractivity contribution in [1.82, 2.24) is 0 Å². The summed E-state index contributed by atoms with van der Waals surface area (Å²) >= 11 is 5.94. The molecule has 0 aliphatic heterocycles. The second-order valence-electron chi connectivity index (χ2n) is 4.69. The summed E-state index contributed by atoms with van der Waals surface area (Å²) in [6.07, 6.45) is 0. The number of nitrogens with one attached hydrogen (secondary N) is 2. The Kier molecular flexibility index (Phi) is 4.64. The van der Waals surface area contributed by atoms with E-state index in [1.807, 2.05) is 49.4 Å². The third-order valence-corrected chi connectivity index (χ3v) is 3.21. The van der Waals surface area contributed by atoms with Crippen LogP contribution in [-0.4, -0.2) is 5.91 Å². The van der Waals surface area contributed by atoms with E-state index in [1.165, 1.54) is 12.5 Å². The lowest BCUT2D eigenvalue weighted by Crippen LogP contribution is -2.06. The van der Waals surface area contributed by atoms with Gasteiger partial charge in [0.1, 0.15) is 0 Å². The summed E-state index contributed by atoms with van der Waals surface area (Å²) in [6, 6.07) is 13.5. The Morgan fingerprint density at radius 2 is 1.90 bits per heavy atom. The Morgan fingerprint density at radius 1 is 1.15 bits per heavy atom. The summed E-state index contributed by atoms with van der Waals surface area (Å²) in [4.78, 5) is 11.0. The SMILES string of the molecule is CC(=O)Nc1cccc(NCc2ccc(Cl)cc2C)c1. The van der Waals surface area contributed by atoms with Gasteiger partial charge < -0.3 is 10.6 Å². The Hall–Kier alpha value is -2.00. The van der Waals surface area contributed by atoms with E-state index in [0.29, 0.717) is 6.54 Å². The van der Waals surface area contributed by atoms with Crippen molar-refractivity contribution < 1.29 is 4.79 Å². The first kappa shape index (κ1) is 14.4. The summed E-state index contributed by atoms with van der Waals surface area (Å²) in [5, 5.41) is 6.86. The third kappa shape index (κ3) is 4.00. The summed E-state index contributed by atoms with van der Waals surface area (Å²) in [7, 11) is 0. The van der Waals surface area contributed by atoms with Crippen LogP contribution < -0.4 is 10.6 Å². The van der Waals surface area contributed by atoms with Crippen molar-refractivity contribution in [3.05, 3.63) is 58.6 Å². The molecule has 0 atom stereocenters. The number of hydrogen-bond donors (Lipinski definition) is 2. The zero-order chi connectivity index (χ0) is 14.5. The smallest absolute Gasteiger partial charge is 0.221 e. The zero-order valence-electron chi connectivity index (χ0n) is 11.5. The summed E-state index contributed by atoms with van der Waals surface area (Å²) < 4.78 is 0. The lowest BCUT2D eigenvalue weighted by atomic mass is 10.1. The standard InChI is InChI=1S/C16H17ClN2O/c1-11-8-14(17)7-6-13(11)10-18-15-4-3-5-16(9-15)19-12(2)20/h3-9,18H,10H2,1-2H3,(H,19,20).